The SMILES string of the molecule is CN(C1CC1)S(=O)(=O)c1ccc(CO)cc1Br. The van der Waals surface area contributed by atoms with Crippen LogP contribution in [0.3, 0.4) is 0 Å². The lowest BCUT2D eigenvalue weighted by molar-refractivity contribution is 0.281. The summed E-state index contributed by atoms with van der Waals surface area (Å²) >= 11 is 3.24. The van der Waals surface area contributed by atoms with Crippen LogP contribution in [0, 0.1) is 0 Å². The summed E-state index contributed by atoms with van der Waals surface area (Å²) in [5, 5.41) is 8.98. The molecule has 0 amide bonds. The fourth-order valence-corrected chi connectivity index (χ4v) is 4.14. The summed E-state index contributed by atoms with van der Waals surface area (Å²) in [6.07, 6.45) is 1.87. The predicted octanol–water partition coefficient (Wildman–Crippen LogP) is 1.72. The second-order valence-electron chi connectivity index (χ2n) is 4.18. The molecule has 1 aliphatic carbocycles. The van der Waals surface area contributed by atoms with Crippen molar-refractivity contribution in [1.82, 2.24) is 4.31 Å². The van der Waals surface area contributed by atoms with Crippen molar-refractivity contribution >= 4 is 26.0 Å². The van der Waals surface area contributed by atoms with Crippen molar-refractivity contribution in [2.45, 2.75) is 30.4 Å². The zero-order valence-corrected chi connectivity index (χ0v) is 11.8. The first kappa shape index (κ1) is 13.0. The molecule has 1 fully saturated rings. The summed E-state index contributed by atoms with van der Waals surface area (Å²) in [4.78, 5) is 0.254. The van der Waals surface area contributed by atoms with Crippen LogP contribution in [0.1, 0.15) is 18.4 Å². The standard InChI is InChI=1S/C11H14BrNO3S/c1-13(9-3-4-9)17(15,16)11-5-2-8(7-14)6-10(11)12/h2,5-6,9,14H,3-4,7H2,1H3. The lowest BCUT2D eigenvalue weighted by Crippen LogP contribution is -2.29. The molecule has 0 unspecified atom stereocenters. The third kappa shape index (κ3) is 2.54. The van der Waals surface area contributed by atoms with Crippen LogP contribution < -0.4 is 0 Å². The van der Waals surface area contributed by atoms with E-state index >= 15 is 0 Å². The number of aliphatic hydroxyl groups excluding tert-OH is 1. The van der Waals surface area contributed by atoms with Gasteiger partial charge in [0.1, 0.15) is 0 Å². The highest BCUT2D eigenvalue weighted by Gasteiger charge is 2.35. The van der Waals surface area contributed by atoms with Gasteiger partial charge in [-0.05, 0) is 46.5 Å². The van der Waals surface area contributed by atoms with Gasteiger partial charge in [0.15, 0.2) is 0 Å². The van der Waals surface area contributed by atoms with Gasteiger partial charge in [0.05, 0.1) is 11.5 Å². The van der Waals surface area contributed by atoms with Crippen LogP contribution in [-0.2, 0) is 16.6 Å². The van der Waals surface area contributed by atoms with E-state index in [2.05, 4.69) is 15.9 Å². The maximum atomic E-state index is 12.3. The Labute approximate surface area is 109 Å². The molecule has 1 aromatic carbocycles. The van der Waals surface area contributed by atoms with Gasteiger partial charge in [-0.3, -0.25) is 0 Å². The van der Waals surface area contributed by atoms with E-state index in [1.807, 2.05) is 0 Å². The minimum atomic E-state index is -3.43. The van der Waals surface area contributed by atoms with Gasteiger partial charge in [-0.15, -0.1) is 0 Å². The Bertz CT molecular complexity index is 526. The molecule has 1 aromatic rings. The summed E-state index contributed by atoms with van der Waals surface area (Å²) in [6.45, 7) is -0.0998. The molecular weight excluding hydrogens is 306 g/mol. The molecule has 0 aliphatic heterocycles. The normalized spacial score (nSPS) is 16.5. The lowest BCUT2D eigenvalue weighted by Gasteiger charge is -2.17. The first-order valence-electron chi connectivity index (χ1n) is 5.34. The van der Waals surface area contributed by atoms with E-state index < -0.39 is 10.0 Å². The summed E-state index contributed by atoms with van der Waals surface area (Å²) in [5.74, 6) is 0. The van der Waals surface area contributed by atoms with Crippen molar-refractivity contribution in [2.75, 3.05) is 7.05 Å². The van der Waals surface area contributed by atoms with Crippen molar-refractivity contribution in [2.24, 2.45) is 0 Å². The van der Waals surface area contributed by atoms with Crippen molar-refractivity contribution in [1.29, 1.82) is 0 Å². The van der Waals surface area contributed by atoms with Crippen LogP contribution in [0.4, 0.5) is 0 Å². The Morgan fingerprint density at radius 1 is 1.47 bits per heavy atom. The second kappa shape index (κ2) is 4.68. The maximum absolute atomic E-state index is 12.3. The van der Waals surface area contributed by atoms with Gasteiger partial charge in [0.25, 0.3) is 0 Å². The highest BCUT2D eigenvalue weighted by Crippen LogP contribution is 2.33. The molecule has 6 heteroatoms. The molecule has 1 saturated carbocycles. The quantitative estimate of drug-likeness (QED) is 0.919. The Morgan fingerprint density at radius 3 is 2.59 bits per heavy atom. The largest absolute Gasteiger partial charge is 0.392 e. The Hall–Kier alpha value is -0.430. The van der Waals surface area contributed by atoms with Crippen LogP contribution in [-0.4, -0.2) is 30.9 Å². The summed E-state index contributed by atoms with van der Waals surface area (Å²) < 4.78 is 26.5. The van der Waals surface area contributed by atoms with Crippen molar-refractivity contribution < 1.29 is 13.5 Å². The molecule has 0 bridgehead atoms. The molecule has 94 valence electrons. The van der Waals surface area contributed by atoms with Gasteiger partial charge in [0, 0.05) is 17.6 Å². The van der Waals surface area contributed by atoms with Gasteiger partial charge in [-0.2, -0.15) is 4.31 Å². The minimum Gasteiger partial charge on any atom is -0.392 e. The van der Waals surface area contributed by atoms with E-state index in [9.17, 15) is 8.42 Å². The molecule has 1 N–H and O–H groups in total. The summed E-state index contributed by atoms with van der Waals surface area (Å²) in [5.41, 5.74) is 0.685. The molecule has 0 heterocycles. The molecule has 4 nitrogen and oxygen atoms in total. The minimum absolute atomic E-state index is 0.0998. The molecule has 0 aromatic heterocycles. The van der Waals surface area contributed by atoms with Gasteiger partial charge >= 0.3 is 0 Å². The molecule has 1 aliphatic rings. The van der Waals surface area contributed by atoms with Crippen LogP contribution in [0.15, 0.2) is 27.6 Å². The third-order valence-corrected chi connectivity index (χ3v) is 5.78. The second-order valence-corrected chi connectivity index (χ2v) is 7.00. The number of benzene rings is 1. The van der Waals surface area contributed by atoms with E-state index in [0.717, 1.165) is 12.8 Å². The van der Waals surface area contributed by atoms with Crippen LogP contribution in [0.25, 0.3) is 0 Å². The van der Waals surface area contributed by atoms with Crippen molar-refractivity contribution in [3.63, 3.8) is 0 Å². The first-order chi connectivity index (χ1) is 7.96. The van der Waals surface area contributed by atoms with Gasteiger partial charge in [-0.1, -0.05) is 6.07 Å². The van der Waals surface area contributed by atoms with Gasteiger partial charge in [-0.25, -0.2) is 8.42 Å². The zero-order valence-electron chi connectivity index (χ0n) is 9.43. The summed E-state index contributed by atoms with van der Waals surface area (Å²) in [6, 6.07) is 4.93. The Kier molecular flexibility index (Phi) is 3.58. The van der Waals surface area contributed by atoms with Crippen LogP contribution in [0.5, 0.6) is 0 Å². The molecule has 17 heavy (non-hydrogen) atoms. The van der Waals surface area contributed by atoms with Gasteiger partial charge < -0.3 is 5.11 Å². The summed E-state index contributed by atoms with van der Waals surface area (Å²) in [7, 11) is -1.82. The van der Waals surface area contributed by atoms with Crippen molar-refractivity contribution in [3.8, 4) is 0 Å². The average Bonchev–Trinajstić information content (AvgIpc) is 3.11. The Morgan fingerprint density at radius 2 is 2.12 bits per heavy atom. The van der Waals surface area contributed by atoms with E-state index in [0.29, 0.717) is 10.0 Å². The maximum Gasteiger partial charge on any atom is 0.244 e. The highest BCUT2D eigenvalue weighted by molar-refractivity contribution is 9.10. The van der Waals surface area contributed by atoms with Gasteiger partial charge in [0.2, 0.25) is 10.0 Å². The number of hydrogen-bond acceptors (Lipinski definition) is 3. The van der Waals surface area contributed by atoms with E-state index in [-0.39, 0.29) is 17.5 Å². The smallest absolute Gasteiger partial charge is 0.244 e. The number of hydrogen-bond donors (Lipinski definition) is 1. The zero-order chi connectivity index (χ0) is 12.6. The molecule has 0 radical (unpaired) electrons. The molecule has 0 spiro atoms. The predicted molar refractivity (Wildman–Crippen MR) is 68.0 cm³/mol. The fraction of sp³-hybridized carbons (Fsp3) is 0.455. The molecule has 0 atom stereocenters. The molecular formula is C11H14BrNO3S. The van der Waals surface area contributed by atoms with Crippen LogP contribution in [0.2, 0.25) is 0 Å². The molecule has 0 saturated heterocycles. The Balaban J connectivity index is 2.39. The number of halogens is 1. The highest BCUT2D eigenvalue weighted by atomic mass is 79.9. The monoisotopic (exact) mass is 319 g/mol. The first-order valence-corrected chi connectivity index (χ1v) is 7.57. The van der Waals surface area contributed by atoms with Crippen LogP contribution >= 0.6 is 15.9 Å². The van der Waals surface area contributed by atoms with Crippen molar-refractivity contribution in [3.05, 3.63) is 28.2 Å². The lowest BCUT2D eigenvalue weighted by atomic mass is 10.2. The number of aliphatic hydroxyl groups is 1. The van der Waals surface area contributed by atoms with E-state index in [4.69, 9.17) is 5.11 Å². The average molecular weight is 320 g/mol. The number of sulfonamides is 1. The topological polar surface area (TPSA) is 57.6 Å². The van der Waals surface area contributed by atoms with E-state index in [1.165, 1.54) is 10.4 Å². The molecule has 2 rings (SSSR count). The van der Waals surface area contributed by atoms with E-state index in [1.54, 1.807) is 19.2 Å². The number of nitrogens with zero attached hydrogens (tertiary/aromatic N) is 1. The third-order valence-electron chi connectivity index (χ3n) is 2.90. The number of rotatable bonds is 4. The fourth-order valence-electron chi connectivity index (χ4n) is 1.64.